The van der Waals surface area contributed by atoms with Gasteiger partial charge in [0.1, 0.15) is 11.6 Å². The van der Waals surface area contributed by atoms with Crippen molar-refractivity contribution in [2.75, 3.05) is 13.7 Å². The Bertz CT molecular complexity index is 286. The first kappa shape index (κ1) is 16.7. The molecule has 0 heterocycles. The number of carbonyl (C=O) groups excluding carboxylic acids is 2. The predicted molar refractivity (Wildman–Crippen MR) is 68.3 cm³/mol. The summed E-state index contributed by atoms with van der Waals surface area (Å²) in [5.74, 6) is -0.334. The lowest BCUT2D eigenvalue weighted by atomic mass is 10.2. The van der Waals surface area contributed by atoms with Crippen molar-refractivity contribution in [3.63, 3.8) is 0 Å². The van der Waals surface area contributed by atoms with Gasteiger partial charge in [-0.15, -0.1) is 0 Å². The number of alkyl carbamates (subject to hydrolysis) is 1. The Hall–Kier alpha value is -1.30. The van der Waals surface area contributed by atoms with E-state index in [-0.39, 0.29) is 12.0 Å². The highest BCUT2D eigenvalue weighted by atomic mass is 16.6. The molecule has 6 heteroatoms. The van der Waals surface area contributed by atoms with Crippen LogP contribution in [0.5, 0.6) is 0 Å². The molecule has 1 unspecified atom stereocenters. The van der Waals surface area contributed by atoms with Crippen LogP contribution in [0.25, 0.3) is 0 Å². The Balaban J connectivity index is 3.94. The van der Waals surface area contributed by atoms with Crippen LogP contribution >= 0.6 is 0 Å². The van der Waals surface area contributed by atoms with Crippen molar-refractivity contribution < 1.29 is 19.1 Å². The lowest BCUT2D eigenvalue weighted by Gasteiger charge is -2.22. The van der Waals surface area contributed by atoms with Crippen molar-refractivity contribution in [3.8, 4) is 0 Å². The number of hydrogen-bond acceptors (Lipinski definition) is 5. The van der Waals surface area contributed by atoms with Gasteiger partial charge in [-0.2, -0.15) is 0 Å². The Morgan fingerprint density at radius 2 is 1.78 bits per heavy atom. The summed E-state index contributed by atoms with van der Waals surface area (Å²) in [6.07, 6.45) is -0.470. The van der Waals surface area contributed by atoms with Crippen LogP contribution in [-0.4, -0.2) is 43.4 Å². The SMILES string of the molecule is COC(=O)C(C)NC[C@@H](C)NC(=O)OC(C)(C)C. The Labute approximate surface area is 108 Å². The largest absolute Gasteiger partial charge is 0.468 e. The minimum atomic E-state index is -0.517. The maximum Gasteiger partial charge on any atom is 0.407 e. The fourth-order valence-electron chi connectivity index (χ4n) is 1.17. The number of rotatable bonds is 5. The third kappa shape index (κ3) is 7.89. The van der Waals surface area contributed by atoms with E-state index in [0.29, 0.717) is 6.54 Å². The molecule has 0 aliphatic heterocycles. The van der Waals surface area contributed by atoms with E-state index < -0.39 is 17.7 Å². The summed E-state index contributed by atoms with van der Waals surface area (Å²) < 4.78 is 9.69. The molecular formula is C12H24N2O4. The van der Waals surface area contributed by atoms with Crippen molar-refractivity contribution in [1.82, 2.24) is 10.6 Å². The molecule has 0 bridgehead atoms. The van der Waals surface area contributed by atoms with Crippen molar-refractivity contribution in [2.45, 2.75) is 52.3 Å². The normalized spacial score (nSPS) is 14.6. The van der Waals surface area contributed by atoms with Gasteiger partial charge >= 0.3 is 12.1 Å². The van der Waals surface area contributed by atoms with E-state index in [2.05, 4.69) is 15.4 Å². The van der Waals surface area contributed by atoms with Gasteiger partial charge in [0.2, 0.25) is 0 Å². The fraction of sp³-hybridized carbons (Fsp3) is 0.833. The number of hydrogen-bond donors (Lipinski definition) is 2. The lowest BCUT2D eigenvalue weighted by Crippen LogP contribution is -2.46. The van der Waals surface area contributed by atoms with Crippen molar-refractivity contribution in [3.05, 3.63) is 0 Å². The zero-order valence-corrected chi connectivity index (χ0v) is 12.0. The number of ether oxygens (including phenoxy) is 2. The molecule has 0 fully saturated rings. The number of amides is 1. The highest BCUT2D eigenvalue weighted by Crippen LogP contribution is 2.06. The van der Waals surface area contributed by atoms with Gasteiger partial charge < -0.3 is 20.1 Å². The monoisotopic (exact) mass is 260 g/mol. The second kappa shape index (κ2) is 7.20. The number of methoxy groups -OCH3 is 1. The summed E-state index contributed by atoms with van der Waals surface area (Å²) in [4.78, 5) is 22.6. The molecule has 6 nitrogen and oxygen atoms in total. The van der Waals surface area contributed by atoms with Crippen molar-refractivity contribution >= 4 is 12.1 Å². The quantitative estimate of drug-likeness (QED) is 0.723. The summed E-state index contributed by atoms with van der Waals surface area (Å²) in [6, 6.07) is -0.551. The summed E-state index contributed by atoms with van der Waals surface area (Å²) in [5.41, 5.74) is -0.517. The molecule has 0 rings (SSSR count). The number of nitrogens with one attached hydrogen (secondary N) is 2. The average molecular weight is 260 g/mol. The molecule has 0 radical (unpaired) electrons. The van der Waals surface area contributed by atoms with Gasteiger partial charge in [0.05, 0.1) is 7.11 Å². The maximum atomic E-state index is 11.5. The van der Waals surface area contributed by atoms with E-state index in [0.717, 1.165) is 0 Å². The van der Waals surface area contributed by atoms with Crippen molar-refractivity contribution in [1.29, 1.82) is 0 Å². The molecule has 0 aliphatic carbocycles. The van der Waals surface area contributed by atoms with Crippen LogP contribution in [0.4, 0.5) is 4.79 Å². The number of carbonyl (C=O) groups is 2. The van der Waals surface area contributed by atoms with Crippen molar-refractivity contribution in [2.24, 2.45) is 0 Å². The molecule has 0 saturated carbocycles. The van der Waals surface area contributed by atoms with Gasteiger partial charge in [-0.05, 0) is 34.6 Å². The maximum absolute atomic E-state index is 11.5. The van der Waals surface area contributed by atoms with Crippen LogP contribution in [0.2, 0.25) is 0 Å². The molecular weight excluding hydrogens is 236 g/mol. The van der Waals surface area contributed by atoms with Gasteiger partial charge in [-0.3, -0.25) is 4.79 Å². The van der Waals surface area contributed by atoms with E-state index in [1.165, 1.54) is 7.11 Å². The topological polar surface area (TPSA) is 76.7 Å². The minimum absolute atomic E-state index is 0.146. The van der Waals surface area contributed by atoms with Crippen LogP contribution in [0.3, 0.4) is 0 Å². The van der Waals surface area contributed by atoms with Crippen LogP contribution in [-0.2, 0) is 14.3 Å². The lowest BCUT2D eigenvalue weighted by molar-refractivity contribution is -0.142. The molecule has 2 N–H and O–H groups in total. The summed E-state index contributed by atoms with van der Waals surface area (Å²) >= 11 is 0. The van der Waals surface area contributed by atoms with Crippen LogP contribution in [0.15, 0.2) is 0 Å². The summed E-state index contributed by atoms with van der Waals surface area (Å²) in [5, 5.41) is 5.63. The third-order valence-corrected chi connectivity index (χ3v) is 2.05. The first-order valence-electron chi connectivity index (χ1n) is 5.96. The van der Waals surface area contributed by atoms with E-state index in [4.69, 9.17) is 4.74 Å². The molecule has 0 saturated heterocycles. The fourth-order valence-corrected chi connectivity index (χ4v) is 1.17. The van der Waals surface area contributed by atoms with Crippen LogP contribution in [0.1, 0.15) is 34.6 Å². The highest BCUT2D eigenvalue weighted by molar-refractivity contribution is 5.75. The van der Waals surface area contributed by atoms with Gasteiger partial charge in [0.15, 0.2) is 0 Å². The van der Waals surface area contributed by atoms with E-state index >= 15 is 0 Å². The Morgan fingerprint density at radius 3 is 2.22 bits per heavy atom. The molecule has 0 aromatic rings. The second-order valence-corrected chi connectivity index (χ2v) is 5.20. The Kier molecular flexibility index (Phi) is 6.68. The van der Waals surface area contributed by atoms with Crippen LogP contribution in [0, 0.1) is 0 Å². The predicted octanol–water partition coefficient (Wildman–Crippen LogP) is 1.05. The molecule has 0 aromatic carbocycles. The molecule has 0 aliphatic rings. The van der Waals surface area contributed by atoms with Gasteiger partial charge in [-0.25, -0.2) is 4.79 Å². The van der Waals surface area contributed by atoms with E-state index in [9.17, 15) is 9.59 Å². The summed E-state index contributed by atoms with van der Waals surface area (Å²) in [7, 11) is 1.34. The second-order valence-electron chi connectivity index (χ2n) is 5.20. The van der Waals surface area contributed by atoms with Gasteiger partial charge in [0, 0.05) is 12.6 Å². The van der Waals surface area contributed by atoms with Gasteiger partial charge in [-0.1, -0.05) is 0 Å². The van der Waals surface area contributed by atoms with Gasteiger partial charge in [0.25, 0.3) is 0 Å². The average Bonchev–Trinajstić information content (AvgIpc) is 2.21. The molecule has 106 valence electrons. The molecule has 1 amide bonds. The first-order chi connectivity index (χ1) is 8.15. The standard InChI is InChI=1S/C12H24N2O4/c1-8(7-13-9(2)10(15)17-6)14-11(16)18-12(3,4)5/h8-9,13H,7H2,1-6H3,(H,14,16)/t8-,9?/m1/s1. The zero-order valence-electron chi connectivity index (χ0n) is 12.0. The molecule has 2 atom stereocenters. The highest BCUT2D eigenvalue weighted by Gasteiger charge is 2.18. The zero-order chi connectivity index (χ0) is 14.3. The third-order valence-electron chi connectivity index (χ3n) is 2.05. The summed E-state index contributed by atoms with van der Waals surface area (Å²) in [6.45, 7) is 9.38. The van der Waals surface area contributed by atoms with E-state index in [1.54, 1.807) is 27.7 Å². The van der Waals surface area contributed by atoms with E-state index in [1.807, 2.05) is 6.92 Å². The Morgan fingerprint density at radius 1 is 1.22 bits per heavy atom. The molecule has 0 aromatic heterocycles. The first-order valence-corrected chi connectivity index (χ1v) is 5.96. The smallest absolute Gasteiger partial charge is 0.407 e. The molecule has 18 heavy (non-hydrogen) atoms. The molecule has 0 spiro atoms. The minimum Gasteiger partial charge on any atom is -0.468 e. The number of esters is 1. The van der Waals surface area contributed by atoms with Crippen LogP contribution < -0.4 is 10.6 Å².